The Balaban J connectivity index is 1.47. The van der Waals surface area contributed by atoms with Gasteiger partial charge in [-0.05, 0) is 51.2 Å². The van der Waals surface area contributed by atoms with Crippen LogP contribution in [-0.2, 0) is 11.4 Å². The Kier molecular flexibility index (Phi) is 7.51. The standard InChI is InChI=1S/C20H26FN5O2S/c1-14(19(27)23-12-11-15-7-3-2-4-8-15)29-20-25-24-18(26(20)22)13-28-17-10-6-5-9-16(17)21/h5-7,9-10,14H,2-4,8,11-13,22H2,1H3,(H,23,27). The number of nitrogen functional groups attached to an aromatic ring is 1. The molecule has 0 spiro atoms. The minimum atomic E-state index is -0.459. The third kappa shape index (κ3) is 5.96. The normalized spacial score (nSPS) is 14.9. The number of aromatic nitrogens is 3. The van der Waals surface area contributed by atoms with E-state index in [-0.39, 0.29) is 23.5 Å². The van der Waals surface area contributed by atoms with Crippen LogP contribution in [-0.4, -0.2) is 32.6 Å². The molecule has 2 aromatic rings. The number of nitrogens with two attached hydrogens (primary N) is 1. The van der Waals surface area contributed by atoms with Gasteiger partial charge in [-0.2, -0.15) is 0 Å². The number of ether oxygens (including phenoxy) is 1. The molecule has 29 heavy (non-hydrogen) atoms. The maximum atomic E-state index is 13.6. The molecule has 3 N–H and O–H groups in total. The molecule has 1 aromatic carbocycles. The zero-order valence-corrected chi connectivity index (χ0v) is 17.3. The van der Waals surface area contributed by atoms with Crippen molar-refractivity contribution in [3.05, 3.63) is 47.6 Å². The van der Waals surface area contributed by atoms with Gasteiger partial charge in [-0.3, -0.25) is 4.79 Å². The predicted molar refractivity (Wildman–Crippen MR) is 110 cm³/mol. The SMILES string of the molecule is CC(Sc1nnc(COc2ccccc2F)n1N)C(=O)NCCC1=CCCCC1. The predicted octanol–water partition coefficient (Wildman–Crippen LogP) is 3.20. The highest BCUT2D eigenvalue weighted by Crippen LogP contribution is 2.23. The van der Waals surface area contributed by atoms with Gasteiger partial charge < -0.3 is 15.9 Å². The van der Waals surface area contributed by atoms with Crippen molar-refractivity contribution in [3.63, 3.8) is 0 Å². The van der Waals surface area contributed by atoms with Crippen molar-refractivity contribution < 1.29 is 13.9 Å². The molecule has 0 saturated heterocycles. The molecule has 3 rings (SSSR count). The van der Waals surface area contributed by atoms with Gasteiger partial charge in [0.1, 0.15) is 6.61 Å². The summed E-state index contributed by atoms with van der Waals surface area (Å²) in [6, 6.07) is 6.10. The number of nitrogens with zero attached hydrogens (tertiary/aromatic N) is 3. The molecule has 1 atom stereocenters. The first kappa shape index (κ1) is 21.2. The molecule has 1 unspecified atom stereocenters. The molecule has 0 radical (unpaired) electrons. The zero-order valence-electron chi connectivity index (χ0n) is 16.4. The number of carbonyl (C=O) groups is 1. The summed E-state index contributed by atoms with van der Waals surface area (Å²) in [5, 5.41) is 11.0. The van der Waals surface area contributed by atoms with Crippen LogP contribution >= 0.6 is 11.8 Å². The molecule has 156 valence electrons. The van der Waals surface area contributed by atoms with Gasteiger partial charge >= 0.3 is 0 Å². The van der Waals surface area contributed by atoms with Crippen LogP contribution in [0.25, 0.3) is 0 Å². The number of halogens is 1. The average molecular weight is 420 g/mol. The van der Waals surface area contributed by atoms with Crippen LogP contribution in [0.1, 0.15) is 44.9 Å². The molecule has 0 fully saturated rings. The van der Waals surface area contributed by atoms with Crippen molar-refractivity contribution in [2.45, 2.75) is 56.0 Å². The number of carbonyl (C=O) groups excluding carboxylic acids is 1. The maximum Gasteiger partial charge on any atom is 0.233 e. The van der Waals surface area contributed by atoms with E-state index in [1.807, 2.05) is 0 Å². The smallest absolute Gasteiger partial charge is 0.233 e. The summed E-state index contributed by atoms with van der Waals surface area (Å²) in [7, 11) is 0. The fraction of sp³-hybridized carbons (Fsp3) is 0.450. The highest BCUT2D eigenvalue weighted by Gasteiger charge is 2.19. The van der Waals surface area contributed by atoms with E-state index in [1.165, 1.54) is 47.0 Å². The first-order chi connectivity index (χ1) is 14.0. The Hall–Kier alpha value is -2.55. The summed E-state index contributed by atoms with van der Waals surface area (Å²) in [5.41, 5.74) is 1.43. The van der Waals surface area contributed by atoms with Gasteiger partial charge in [0, 0.05) is 6.54 Å². The Morgan fingerprint density at radius 3 is 2.97 bits per heavy atom. The van der Waals surface area contributed by atoms with E-state index in [2.05, 4.69) is 21.6 Å². The Labute approximate surface area is 173 Å². The molecule has 0 bridgehead atoms. The monoisotopic (exact) mass is 419 g/mol. The molecular formula is C20H26FN5O2S. The van der Waals surface area contributed by atoms with Crippen LogP contribution in [0, 0.1) is 5.82 Å². The van der Waals surface area contributed by atoms with Crippen LogP contribution in [0.3, 0.4) is 0 Å². The Bertz CT molecular complexity index is 870. The fourth-order valence-corrected chi connectivity index (χ4v) is 3.84. The number of thioether (sulfide) groups is 1. The summed E-state index contributed by atoms with van der Waals surface area (Å²) in [6.45, 7) is 2.40. The van der Waals surface area contributed by atoms with Gasteiger partial charge in [0.2, 0.25) is 11.1 Å². The molecular weight excluding hydrogens is 393 g/mol. The number of hydrogen-bond donors (Lipinski definition) is 2. The molecule has 9 heteroatoms. The molecule has 1 amide bonds. The lowest BCUT2D eigenvalue weighted by atomic mass is 9.97. The summed E-state index contributed by atoms with van der Waals surface area (Å²) in [6.07, 6.45) is 7.96. The van der Waals surface area contributed by atoms with E-state index in [0.717, 1.165) is 19.3 Å². The number of amides is 1. The van der Waals surface area contributed by atoms with Gasteiger partial charge in [0.25, 0.3) is 0 Å². The number of allylic oxidation sites excluding steroid dienone is 1. The topological polar surface area (TPSA) is 95.1 Å². The fourth-order valence-electron chi connectivity index (χ4n) is 3.02. The Morgan fingerprint density at radius 2 is 2.21 bits per heavy atom. The molecule has 7 nitrogen and oxygen atoms in total. The van der Waals surface area contributed by atoms with E-state index in [4.69, 9.17) is 10.6 Å². The van der Waals surface area contributed by atoms with E-state index in [9.17, 15) is 9.18 Å². The van der Waals surface area contributed by atoms with Crippen molar-refractivity contribution >= 4 is 17.7 Å². The number of benzene rings is 1. The highest BCUT2D eigenvalue weighted by atomic mass is 32.2. The quantitative estimate of drug-likeness (QED) is 0.368. The summed E-state index contributed by atoms with van der Waals surface area (Å²) >= 11 is 1.22. The number of rotatable bonds is 9. The third-order valence-corrected chi connectivity index (χ3v) is 5.77. The first-order valence-electron chi connectivity index (χ1n) is 9.73. The first-order valence-corrected chi connectivity index (χ1v) is 10.6. The van der Waals surface area contributed by atoms with Crippen LogP contribution < -0.4 is 15.9 Å². The van der Waals surface area contributed by atoms with Crippen molar-refractivity contribution in [1.29, 1.82) is 0 Å². The van der Waals surface area contributed by atoms with Crippen molar-refractivity contribution in [2.24, 2.45) is 0 Å². The van der Waals surface area contributed by atoms with E-state index < -0.39 is 5.82 Å². The lowest BCUT2D eigenvalue weighted by Gasteiger charge is -2.14. The van der Waals surface area contributed by atoms with E-state index >= 15 is 0 Å². The van der Waals surface area contributed by atoms with Gasteiger partial charge in [-0.15, -0.1) is 10.2 Å². The van der Waals surface area contributed by atoms with Crippen LogP contribution in [0.15, 0.2) is 41.1 Å². The van der Waals surface area contributed by atoms with Gasteiger partial charge in [-0.1, -0.05) is 35.5 Å². The molecule has 1 aromatic heterocycles. The second-order valence-electron chi connectivity index (χ2n) is 6.90. The van der Waals surface area contributed by atoms with Gasteiger partial charge in [-0.25, -0.2) is 9.07 Å². The largest absolute Gasteiger partial charge is 0.482 e. The van der Waals surface area contributed by atoms with Gasteiger partial charge in [0.05, 0.1) is 5.25 Å². The van der Waals surface area contributed by atoms with E-state index in [0.29, 0.717) is 17.5 Å². The number of nitrogens with one attached hydrogen (secondary N) is 1. The maximum absolute atomic E-state index is 13.6. The minimum absolute atomic E-state index is 0.0271. The summed E-state index contributed by atoms with van der Waals surface area (Å²) in [5.74, 6) is 5.94. The second-order valence-corrected chi connectivity index (χ2v) is 8.21. The Morgan fingerprint density at radius 1 is 1.38 bits per heavy atom. The summed E-state index contributed by atoms with van der Waals surface area (Å²) in [4.78, 5) is 12.3. The van der Waals surface area contributed by atoms with Crippen molar-refractivity contribution in [1.82, 2.24) is 20.2 Å². The number of hydrogen-bond acceptors (Lipinski definition) is 6. The van der Waals surface area contributed by atoms with Crippen LogP contribution in [0.4, 0.5) is 4.39 Å². The molecule has 0 aliphatic heterocycles. The molecule has 1 aliphatic carbocycles. The van der Waals surface area contributed by atoms with Crippen LogP contribution in [0.2, 0.25) is 0 Å². The third-order valence-electron chi connectivity index (χ3n) is 4.71. The zero-order chi connectivity index (χ0) is 20.6. The molecule has 1 aliphatic rings. The lowest BCUT2D eigenvalue weighted by Crippen LogP contribution is -2.32. The molecule has 0 saturated carbocycles. The lowest BCUT2D eigenvalue weighted by molar-refractivity contribution is -0.120. The minimum Gasteiger partial charge on any atom is -0.482 e. The van der Waals surface area contributed by atoms with Gasteiger partial charge in [0.15, 0.2) is 17.4 Å². The second kappa shape index (κ2) is 10.3. The average Bonchev–Trinajstić information content (AvgIpc) is 3.07. The highest BCUT2D eigenvalue weighted by molar-refractivity contribution is 8.00. The molecule has 1 heterocycles. The summed E-state index contributed by atoms with van der Waals surface area (Å²) < 4.78 is 20.3. The van der Waals surface area contributed by atoms with Crippen molar-refractivity contribution in [2.75, 3.05) is 12.4 Å². The van der Waals surface area contributed by atoms with Crippen molar-refractivity contribution in [3.8, 4) is 5.75 Å². The van der Waals surface area contributed by atoms with E-state index in [1.54, 1.807) is 19.1 Å². The van der Waals surface area contributed by atoms with Crippen LogP contribution in [0.5, 0.6) is 5.75 Å². The number of para-hydroxylation sites is 1.